The number of nitrogens with zero attached hydrogens (tertiary/aromatic N) is 1. The summed E-state index contributed by atoms with van der Waals surface area (Å²) in [6, 6.07) is 15.3. The molecule has 2 aromatic carbocycles. The molecule has 6 heteroatoms. The van der Waals surface area contributed by atoms with Gasteiger partial charge in [-0.3, -0.25) is 0 Å². The fraction of sp³-hybridized carbons (Fsp3) is 0.381. The number of urea groups is 1. The molecule has 0 aromatic heterocycles. The minimum Gasteiger partial charge on any atom is -0.491 e. The lowest BCUT2D eigenvalue weighted by Crippen LogP contribution is -2.48. The topological polar surface area (TPSA) is 60.0 Å². The van der Waals surface area contributed by atoms with E-state index in [1.165, 1.54) is 0 Å². The number of carbonyl (C=O) groups excluding carboxylic acids is 1. The molecule has 0 aliphatic carbocycles. The van der Waals surface area contributed by atoms with E-state index >= 15 is 0 Å². The summed E-state index contributed by atoms with van der Waals surface area (Å²) in [4.78, 5) is 14.2. The van der Waals surface area contributed by atoms with Crippen LogP contribution in [0.5, 0.6) is 17.2 Å². The number of fused-ring (bicyclic) bond motifs is 1. The van der Waals surface area contributed by atoms with Crippen LogP contribution in [0.3, 0.4) is 0 Å². The van der Waals surface area contributed by atoms with E-state index in [-0.39, 0.29) is 12.1 Å². The molecule has 0 bridgehead atoms. The molecule has 1 atom stereocenters. The highest BCUT2D eigenvalue weighted by Gasteiger charge is 2.24. The van der Waals surface area contributed by atoms with Crippen LogP contribution in [0.2, 0.25) is 0 Å². The number of nitrogens with one attached hydrogen (secondary N) is 1. The zero-order valence-electron chi connectivity index (χ0n) is 15.8. The van der Waals surface area contributed by atoms with Crippen LogP contribution in [0.4, 0.5) is 4.79 Å². The van der Waals surface area contributed by atoms with Gasteiger partial charge in [0.1, 0.15) is 19.0 Å². The predicted molar refractivity (Wildman–Crippen MR) is 104 cm³/mol. The number of para-hydroxylation sites is 3. The second kappa shape index (κ2) is 9.16. The number of hydrogen-bond acceptors (Lipinski definition) is 4. The molecule has 0 fully saturated rings. The number of carbonyl (C=O) groups is 1. The normalized spacial score (nSPS) is 15.1. The predicted octanol–water partition coefficient (Wildman–Crippen LogP) is 3.25. The van der Waals surface area contributed by atoms with Gasteiger partial charge < -0.3 is 24.4 Å². The average molecular weight is 370 g/mol. The van der Waals surface area contributed by atoms with Crippen molar-refractivity contribution in [1.29, 1.82) is 0 Å². The Hall–Kier alpha value is -2.89. The molecule has 6 nitrogen and oxygen atoms in total. The maximum absolute atomic E-state index is 12.4. The number of rotatable bonds is 7. The molecule has 0 radical (unpaired) electrons. The van der Waals surface area contributed by atoms with Gasteiger partial charge in [0.2, 0.25) is 0 Å². The van der Waals surface area contributed by atoms with Crippen molar-refractivity contribution < 1.29 is 19.0 Å². The zero-order valence-corrected chi connectivity index (χ0v) is 15.8. The van der Waals surface area contributed by atoms with Gasteiger partial charge in [0, 0.05) is 6.54 Å². The Kier molecular flexibility index (Phi) is 6.41. The third kappa shape index (κ3) is 5.06. The zero-order chi connectivity index (χ0) is 19.1. The Balaban J connectivity index is 1.43. The third-order valence-corrected chi connectivity index (χ3v) is 4.39. The van der Waals surface area contributed by atoms with Gasteiger partial charge in [-0.1, -0.05) is 30.3 Å². The van der Waals surface area contributed by atoms with Crippen LogP contribution in [-0.4, -0.2) is 49.9 Å². The van der Waals surface area contributed by atoms with E-state index in [0.717, 1.165) is 22.8 Å². The number of benzene rings is 2. The minimum absolute atomic E-state index is 0.131. The summed E-state index contributed by atoms with van der Waals surface area (Å²) in [5, 5.41) is 2.90. The fourth-order valence-corrected chi connectivity index (χ4v) is 2.90. The maximum atomic E-state index is 12.4. The molecule has 27 heavy (non-hydrogen) atoms. The van der Waals surface area contributed by atoms with Crippen molar-refractivity contribution in [2.24, 2.45) is 0 Å². The Morgan fingerprint density at radius 3 is 2.70 bits per heavy atom. The molecule has 0 saturated carbocycles. The summed E-state index contributed by atoms with van der Waals surface area (Å²) in [6.45, 7) is 6.29. The van der Waals surface area contributed by atoms with Crippen LogP contribution in [0.25, 0.3) is 0 Å². The molecule has 1 aliphatic heterocycles. The van der Waals surface area contributed by atoms with Crippen molar-refractivity contribution in [3.05, 3.63) is 54.1 Å². The minimum atomic E-state index is -0.186. The first-order chi connectivity index (χ1) is 13.2. The van der Waals surface area contributed by atoms with E-state index in [4.69, 9.17) is 14.2 Å². The van der Waals surface area contributed by atoms with Gasteiger partial charge in [-0.15, -0.1) is 0 Å². The second-order valence-electron chi connectivity index (χ2n) is 6.38. The maximum Gasteiger partial charge on any atom is 0.317 e. The quantitative estimate of drug-likeness (QED) is 0.760. The summed E-state index contributed by atoms with van der Waals surface area (Å²) in [5.74, 6) is 2.30. The first-order valence-corrected chi connectivity index (χ1v) is 9.27. The number of hydrogen-bond donors (Lipinski definition) is 1. The second-order valence-corrected chi connectivity index (χ2v) is 6.38. The highest BCUT2D eigenvalue weighted by Crippen LogP contribution is 2.31. The summed E-state index contributed by atoms with van der Waals surface area (Å²) < 4.78 is 17.4. The van der Waals surface area contributed by atoms with Gasteiger partial charge in [-0.25, -0.2) is 4.79 Å². The summed E-state index contributed by atoms with van der Waals surface area (Å²) in [7, 11) is 0. The SMILES string of the molecule is CCN(CC1COc2ccccc2O1)C(=O)NCCOc1ccccc1C. The van der Waals surface area contributed by atoms with Crippen LogP contribution in [0.15, 0.2) is 48.5 Å². The monoisotopic (exact) mass is 370 g/mol. The van der Waals surface area contributed by atoms with E-state index in [0.29, 0.717) is 32.8 Å². The molecule has 0 saturated heterocycles. The van der Waals surface area contributed by atoms with E-state index in [2.05, 4.69) is 5.32 Å². The summed E-state index contributed by atoms with van der Waals surface area (Å²) in [5.41, 5.74) is 1.08. The molecule has 1 N–H and O–H groups in total. The lowest BCUT2D eigenvalue weighted by molar-refractivity contribution is 0.0674. The van der Waals surface area contributed by atoms with E-state index in [9.17, 15) is 4.79 Å². The van der Waals surface area contributed by atoms with Crippen molar-refractivity contribution in [3.8, 4) is 17.2 Å². The number of amides is 2. The lowest BCUT2D eigenvalue weighted by Gasteiger charge is -2.30. The van der Waals surface area contributed by atoms with E-state index in [1.807, 2.05) is 62.4 Å². The van der Waals surface area contributed by atoms with Crippen molar-refractivity contribution in [3.63, 3.8) is 0 Å². The Morgan fingerprint density at radius 1 is 1.19 bits per heavy atom. The van der Waals surface area contributed by atoms with Crippen LogP contribution >= 0.6 is 0 Å². The molecular formula is C21H26N2O4. The van der Waals surface area contributed by atoms with Gasteiger partial charge in [0.05, 0.1) is 13.1 Å². The summed E-state index contributed by atoms with van der Waals surface area (Å²) in [6.07, 6.45) is -0.186. The van der Waals surface area contributed by atoms with Gasteiger partial charge in [0.15, 0.2) is 17.6 Å². The highest BCUT2D eigenvalue weighted by atomic mass is 16.6. The Morgan fingerprint density at radius 2 is 1.93 bits per heavy atom. The van der Waals surface area contributed by atoms with Crippen LogP contribution in [-0.2, 0) is 0 Å². The molecule has 0 spiro atoms. The molecule has 144 valence electrons. The van der Waals surface area contributed by atoms with Gasteiger partial charge >= 0.3 is 6.03 Å². The molecule has 1 aliphatic rings. The molecule has 2 amide bonds. The number of ether oxygens (including phenoxy) is 3. The van der Waals surface area contributed by atoms with Gasteiger partial charge in [-0.2, -0.15) is 0 Å². The molecule has 1 heterocycles. The third-order valence-electron chi connectivity index (χ3n) is 4.39. The number of aryl methyl sites for hydroxylation is 1. The highest BCUT2D eigenvalue weighted by molar-refractivity contribution is 5.74. The standard InChI is InChI=1S/C21H26N2O4/c1-3-23(14-17-15-26-19-10-6-7-11-20(19)27-17)21(24)22-12-13-25-18-9-5-4-8-16(18)2/h4-11,17H,3,12-15H2,1-2H3,(H,22,24). The smallest absolute Gasteiger partial charge is 0.317 e. The van der Waals surface area contributed by atoms with E-state index < -0.39 is 0 Å². The van der Waals surface area contributed by atoms with Crippen molar-refractivity contribution in [2.45, 2.75) is 20.0 Å². The van der Waals surface area contributed by atoms with Crippen LogP contribution in [0.1, 0.15) is 12.5 Å². The van der Waals surface area contributed by atoms with Crippen molar-refractivity contribution >= 4 is 6.03 Å². The van der Waals surface area contributed by atoms with Crippen LogP contribution < -0.4 is 19.5 Å². The van der Waals surface area contributed by atoms with Crippen LogP contribution in [0, 0.1) is 6.92 Å². The summed E-state index contributed by atoms with van der Waals surface area (Å²) >= 11 is 0. The first-order valence-electron chi connectivity index (χ1n) is 9.27. The number of likely N-dealkylation sites (N-methyl/N-ethyl adjacent to an activating group) is 1. The Labute approximate surface area is 160 Å². The van der Waals surface area contributed by atoms with Gasteiger partial charge in [-0.05, 0) is 37.6 Å². The first kappa shape index (κ1) is 18.9. The largest absolute Gasteiger partial charge is 0.491 e. The Bertz CT molecular complexity index is 765. The van der Waals surface area contributed by atoms with Crippen molar-refractivity contribution in [2.75, 3.05) is 32.8 Å². The molecular weight excluding hydrogens is 344 g/mol. The van der Waals surface area contributed by atoms with E-state index in [1.54, 1.807) is 4.90 Å². The average Bonchev–Trinajstić information content (AvgIpc) is 2.70. The van der Waals surface area contributed by atoms with Gasteiger partial charge in [0.25, 0.3) is 0 Å². The van der Waals surface area contributed by atoms with Crippen molar-refractivity contribution in [1.82, 2.24) is 10.2 Å². The molecule has 1 unspecified atom stereocenters. The molecule has 3 rings (SSSR count). The fourth-order valence-electron chi connectivity index (χ4n) is 2.90. The molecule has 2 aromatic rings. The lowest BCUT2D eigenvalue weighted by atomic mass is 10.2.